The maximum Gasteiger partial charge on any atom is 0.251 e. The predicted octanol–water partition coefficient (Wildman–Crippen LogP) is 6.36. The molecule has 1 unspecified atom stereocenters. The lowest BCUT2D eigenvalue weighted by Crippen LogP contribution is -2.62. The van der Waals surface area contributed by atoms with E-state index in [1.165, 1.54) is 35.9 Å². The van der Waals surface area contributed by atoms with E-state index in [-0.39, 0.29) is 12.6 Å². The summed E-state index contributed by atoms with van der Waals surface area (Å²) >= 11 is 0. The number of nitrogens with one attached hydrogen (secondary N) is 2. The first-order valence-corrected chi connectivity index (χ1v) is 13.3. The second-order valence-corrected chi connectivity index (χ2v) is 10.3. The SMILES string of the molecule is CC.CC1Cc2c([nH]c3ccccc23)CN1CC(F)F.Fc1cc(F)cc(N2CC3(CCCNC3)C2)c1. The number of H-pyrrole nitrogens is 1. The quantitative estimate of drug-likeness (QED) is 0.396. The molecule has 6 rings (SSSR count). The number of fused-ring (bicyclic) bond motifs is 3. The number of piperidine rings is 1. The molecule has 3 aliphatic heterocycles. The molecule has 4 nitrogen and oxygen atoms in total. The normalized spacial score (nSPS) is 20.5. The third-order valence-corrected chi connectivity index (χ3v) is 7.58. The summed E-state index contributed by atoms with van der Waals surface area (Å²) in [5, 5.41) is 4.63. The minimum atomic E-state index is -2.27. The standard InChI is InChI=1S/C14H16F2N2.C13H16F2N2.C2H6/c1-9-6-11-10-4-2-3-5-12(10)17-13(11)7-18(9)8-14(15)16;14-10-4-11(15)6-12(5-10)17-8-13(9-17)2-1-3-16-7-13;1-2/h2-5,9,14,17H,6-8H2,1H3;4-6,16H,1-3,7-9H2;1-2H3. The average Bonchev–Trinajstić information content (AvgIpc) is 3.21. The number of nitrogens with zero attached hydrogens (tertiary/aromatic N) is 2. The molecule has 0 aliphatic carbocycles. The first-order valence-electron chi connectivity index (χ1n) is 13.3. The fourth-order valence-corrected chi connectivity index (χ4v) is 5.80. The molecule has 2 fully saturated rings. The van der Waals surface area contributed by atoms with Gasteiger partial charge < -0.3 is 15.2 Å². The number of aromatic nitrogens is 1. The van der Waals surface area contributed by atoms with Crippen molar-refractivity contribution in [3.8, 4) is 0 Å². The Morgan fingerprint density at radius 2 is 1.76 bits per heavy atom. The number of halogens is 4. The summed E-state index contributed by atoms with van der Waals surface area (Å²) in [4.78, 5) is 7.26. The second-order valence-electron chi connectivity index (χ2n) is 10.3. The van der Waals surface area contributed by atoms with E-state index in [2.05, 4.69) is 21.3 Å². The van der Waals surface area contributed by atoms with Crippen molar-refractivity contribution in [3.05, 3.63) is 65.4 Å². The topological polar surface area (TPSA) is 34.3 Å². The Hall–Kier alpha value is -2.58. The Bertz CT molecular complexity index is 1140. The largest absolute Gasteiger partial charge is 0.370 e. The van der Waals surface area contributed by atoms with Gasteiger partial charge in [-0.3, -0.25) is 4.90 Å². The van der Waals surface area contributed by atoms with Crippen LogP contribution < -0.4 is 10.2 Å². The highest BCUT2D eigenvalue weighted by atomic mass is 19.3. The van der Waals surface area contributed by atoms with Crippen molar-refractivity contribution in [2.24, 2.45) is 5.41 Å². The van der Waals surface area contributed by atoms with Gasteiger partial charge in [0.1, 0.15) is 11.6 Å². The van der Waals surface area contributed by atoms with Crippen molar-refractivity contribution >= 4 is 16.6 Å². The fraction of sp³-hybridized carbons (Fsp3) is 0.517. The molecular formula is C29H38F4N4. The Labute approximate surface area is 217 Å². The molecule has 1 spiro atoms. The molecule has 37 heavy (non-hydrogen) atoms. The van der Waals surface area contributed by atoms with E-state index in [1.54, 1.807) is 0 Å². The van der Waals surface area contributed by atoms with Crippen LogP contribution in [0.4, 0.5) is 23.2 Å². The van der Waals surface area contributed by atoms with Gasteiger partial charge in [0.05, 0.1) is 6.54 Å². The molecule has 0 amide bonds. The summed E-state index contributed by atoms with van der Waals surface area (Å²) < 4.78 is 51.2. The van der Waals surface area contributed by atoms with E-state index in [4.69, 9.17) is 0 Å². The summed E-state index contributed by atoms with van der Waals surface area (Å²) in [6.07, 6.45) is 0.990. The lowest BCUT2D eigenvalue weighted by molar-refractivity contribution is 0.0597. The zero-order chi connectivity index (χ0) is 26.6. The summed E-state index contributed by atoms with van der Waals surface area (Å²) in [5.41, 5.74) is 4.49. The summed E-state index contributed by atoms with van der Waals surface area (Å²) in [7, 11) is 0. The van der Waals surface area contributed by atoms with Crippen molar-refractivity contribution in [2.45, 2.75) is 59.0 Å². The van der Waals surface area contributed by atoms with Crippen LogP contribution in [0.5, 0.6) is 0 Å². The summed E-state index contributed by atoms with van der Waals surface area (Å²) in [6, 6.07) is 12.1. The molecular weight excluding hydrogens is 480 g/mol. The maximum atomic E-state index is 13.1. The van der Waals surface area contributed by atoms with E-state index < -0.39 is 18.1 Å². The molecule has 2 N–H and O–H groups in total. The van der Waals surface area contributed by atoms with Crippen molar-refractivity contribution in [2.75, 3.05) is 37.6 Å². The van der Waals surface area contributed by atoms with Crippen LogP contribution in [-0.4, -0.2) is 55.1 Å². The highest BCUT2D eigenvalue weighted by molar-refractivity contribution is 5.84. The lowest BCUT2D eigenvalue weighted by atomic mass is 9.74. The van der Waals surface area contributed by atoms with E-state index in [1.807, 2.05) is 43.9 Å². The zero-order valence-electron chi connectivity index (χ0n) is 22.0. The van der Waals surface area contributed by atoms with Crippen LogP contribution in [0.15, 0.2) is 42.5 Å². The van der Waals surface area contributed by atoms with Crippen molar-refractivity contribution < 1.29 is 17.6 Å². The zero-order valence-corrected chi connectivity index (χ0v) is 22.0. The molecule has 3 aliphatic rings. The molecule has 1 aromatic heterocycles. The number of para-hydroxylation sites is 1. The summed E-state index contributed by atoms with van der Waals surface area (Å²) in [6.45, 7) is 10.4. The minimum Gasteiger partial charge on any atom is -0.370 e. The molecule has 0 bridgehead atoms. The highest BCUT2D eigenvalue weighted by Gasteiger charge is 2.43. The molecule has 0 saturated carbocycles. The van der Waals surface area contributed by atoms with E-state index in [0.29, 0.717) is 17.6 Å². The van der Waals surface area contributed by atoms with E-state index in [0.717, 1.165) is 49.9 Å². The van der Waals surface area contributed by atoms with Gasteiger partial charge in [0.25, 0.3) is 6.43 Å². The molecule has 3 aromatic rings. The Morgan fingerprint density at radius 3 is 2.41 bits per heavy atom. The molecule has 202 valence electrons. The lowest BCUT2D eigenvalue weighted by Gasteiger charge is -2.53. The van der Waals surface area contributed by atoms with Crippen LogP contribution in [0, 0.1) is 17.0 Å². The first-order chi connectivity index (χ1) is 17.8. The Kier molecular flexibility index (Phi) is 8.80. The van der Waals surface area contributed by atoms with E-state index in [9.17, 15) is 17.6 Å². The van der Waals surface area contributed by atoms with Crippen LogP contribution in [-0.2, 0) is 13.0 Å². The predicted molar refractivity (Wildman–Crippen MR) is 142 cm³/mol. The number of hydrogen-bond donors (Lipinski definition) is 2. The van der Waals surface area contributed by atoms with Gasteiger partial charge in [-0.05, 0) is 56.5 Å². The number of rotatable bonds is 3. The smallest absolute Gasteiger partial charge is 0.251 e. The van der Waals surface area contributed by atoms with Crippen LogP contribution >= 0.6 is 0 Å². The number of benzene rings is 2. The van der Waals surface area contributed by atoms with Gasteiger partial charge in [-0.15, -0.1) is 0 Å². The number of anilines is 1. The van der Waals surface area contributed by atoms with Crippen molar-refractivity contribution in [1.82, 2.24) is 15.2 Å². The van der Waals surface area contributed by atoms with Gasteiger partial charge in [0, 0.05) is 66.0 Å². The Morgan fingerprint density at radius 1 is 1.05 bits per heavy atom. The van der Waals surface area contributed by atoms with Crippen LogP contribution in [0.3, 0.4) is 0 Å². The van der Waals surface area contributed by atoms with E-state index >= 15 is 0 Å². The summed E-state index contributed by atoms with van der Waals surface area (Å²) in [5.74, 6) is -0.995. The highest BCUT2D eigenvalue weighted by Crippen LogP contribution is 2.39. The monoisotopic (exact) mass is 518 g/mol. The number of alkyl halides is 2. The molecule has 2 aromatic carbocycles. The minimum absolute atomic E-state index is 0.143. The van der Waals surface area contributed by atoms with Gasteiger partial charge in [-0.1, -0.05) is 32.0 Å². The number of aromatic amines is 1. The van der Waals surface area contributed by atoms with Gasteiger partial charge in [0.2, 0.25) is 0 Å². The molecule has 4 heterocycles. The second kappa shape index (κ2) is 11.9. The first kappa shape index (κ1) is 27.5. The third-order valence-electron chi connectivity index (χ3n) is 7.58. The number of hydrogen-bond acceptors (Lipinski definition) is 3. The molecule has 2 saturated heterocycles. The fourth-order valence-electron chi connectivity index (χ4n) is 5.80. The molecule has 8 heteroatoms. The molecule has 0 radical (unpaired) electrons. The average molecular weight is 519 g/mol. The third kappa shape index (κ3) is 6.29. The van der Waals surface area contributed by atoms with Gasteiger partial charge in [-0.2, -0.15) is 0 Å². The van der Waals surface area contributed by atoms with Crippen LogP contribution in [0.25, 0.3) is 10.9 Å². The van der Waals surface area contributed by atoms with Gasteiger partial charge >= 0.3 is 0 Å². The van der Waals surface area contributed by atoms with Crippen LogP contribution in [0.2, 0.25) is 0 Å². The van der Waals surface area contributed by atoms with Gasteiger partial charge in [0.15, 0.2) is 0 Å². The maximum absolute atomic E-state index is 13.1. The van der Waals surface area contributed by atoms with Crippen molar-refractivity contribution in [3.63, 3.8) is 0 Å². The van der Waals surface area contributed by atoms with Crippen molar-refractivity contribution in [1.29, 1.82) is 0 Å². The van der Waals surface area contributed by atoms with Gasteiger partial charge in [-0.25, -0.2) is 17.6 Å². The van der Waals surface area contributed by atoms with Crippen LogP contribution in [0.1, 0.15) is 44.9 Å². The molecule has 1 atom stereocenters. The Balaban J connectivity index is 0.000000162.